The summed E-state index contributed by atoms with van der Waals surface area (Å²) in [6.07, 6.45) is 2.26. The number of benzene rings is 2. The van der Waals surface area contributed by atoms with Crippen LogP contribution in [0.15, 0.2) is 36.4 Å². The third kappa shape index (κ3) is 2.19. The average Bonchev–Trinajstić information content (AvgIpc) is 2.78. The maximum Gasteiger partial charge on any atom is 0.123 e. The first-order chi connectivity index (χ1) is 9.17. The molecule has 3 rings (SSSR count). The van der Waals surface area contributed by atoms with E-state index in [1.165, 1.54) is 22.3 Å². The summed E-state index contributed by atoms with van der Waals surface area (Å²) in [5.74, 6) is 1.03. The number of hydrogen-bond donors (Lipinski definition) is 1. The van der Waals surface area contributed by atoms with Crippen molar-refractivity contribution in [3.05, 3.63) is 47.5 Å². The van der Waals surface area contributed by atoms with E-state index in [0.29, 0.717) is 6.10 Å². The van der Waals surface area contributed by atoms with E-state index in [0.717, 1.165) is 24.3 Å². The van der Waals surface area contributed by atoms with Crippen LogP contribution in [0, 0.1) is 0 Å². The molecule has 1 heterocycles. The van der Waals surface area contributed by atoms with Gasteiger partial charge < -0.3 is 10.5 Å². The van der Waals surface area contributed by atoms with Crippen molar-refractivity contribution in [3.8, 4) is 16.9 Å². The number of hydrogen-bond acceptors (Lipinski definition) is 2. The molecule has 0 fully saturated rings. The van der Waals surface area contributed by atoms with Gasteiger partial charge in [0.25, 0.3) is 0 Å². The van der Waals surface area contributed by atoms with Crippen LogP contribution in [-0.4, -0.2) is 6.10 Å². The molecule has 1 aliphatic rings. The van der Waals surface area contributed by atoms with Crippen molar-refractivity contribution in [1.82, 2.24) is 0 Å². The molecule has 0 radical (unpaired) electrons. The van der Waals surface area contributed by atoms with Gasteiger partial charge >= 0.3 is 0 Å². The first kappa shape index (κ1) is 12.1. The SMILES string of the molecule is CCc1cc(-c2ccc3c(c2)CC(C)O3)ccc1N. The Labute approximate surface area is 114 Å². The molecule has 0 aliphatic carbocycles. The van der Waals surface area contributed by atoms with E-state index in [1.807, 2.05) is 6.07 Å². The zero-order valence-electron chi connectivity index (χ0n) is 11.4. The van der Waals surface area contributed by atoms with E-state index in [2.05, 4.69) is 44.2 Å². The van der Waals surface area contributed by atoms with Gasteiger partial charge in [-0.2, -0.15) is 0 Å². The van der Waals surface area contributed by atoms with Gasteiger partial charge in [0.15, 0.2) is 0 Å². The van der Waals surface area contributed by atoms with E-state index >= 15 is 0 Å². The summed E-state index contributed by atoms with van der Waals surface area (Å²) >= 11 is 0. The molecule has 0 spiro atoms. The van der Waals surface area contributed by atoms with Crippen LogP contribution in [0.1, 0.15) is 25.0 Å². The molecule has 0 aromatic heterocycles. The minimum Gasteiger partial charge on any atom is -0.490 e. The number of anilines is 1. The molecule has 0 saturated carbocycles. The fourth-order valence-corrected chi connectivity index (χ4v) is 2.69. The second-order valence-corrected chi connectivity index (χ2v) is 5.22. The lowest BCUT2D eigenvalue weighted by molar-refractivity contribution is 0.254. The first-order valence-electron chi connectivity index (χ1n) is 6.85. The van der Waals surface area contributed by atoms with Gasteiger partial charge in [-0.3, -0.25) is 0 Å². The highest BCUT2D eigenvalue weighted by Crippen LogP contribution is 2.33. The highest BCUT2D eigenvalue weighted by Gasteiger charge is 2.19. The normalized spacial score (nSPS) is 17.1. The minimum absolute atomic E-state index is 0.294. The topological polar surface area (TPSA) is 35.2 Å². The molecular weight excluding hydrogens is 234 g/mol. The Hall–Kier alpha value is -1.96. The molecule has 1 unspecified atom stereocenters. The third-order valence-electron chi connectivity index (χ3n) is 3.75. The summed E-state index contributed by atoms with van der Waals surface area (Å²) in [6.45, 7) is 4.24. The van der Waals surface area contributed by atoms with Crippen molar-refractivity contribution in [2.45, 2.75) is 32.8 Å². The summed E-state index contributed by atoms with van der Waals surface area (Å²) in [5.41, 5.74) is 11.8. The van der Waals surface area contributed by atoms with Gasteiger partial charge in [0.05, 0.1) is 0 Å². The lowest BCUT2D eigenvalue weighted by Crippen LogP contribution is -2.05. The van der Waals surface area contributed by atoms with Gasteiger partial charge in [-0.25, -0.2) is 0 Å². The second kappa shape index (κ2) is 4.61. The molecule has 2 nitrogen and oxygen atoms in total. The lowest BCUT2D eigenvalue weighted by atomic mass is 9.98. The fourth-order valence-electron chi connectivity index (χ4n) is 2.69. The highest BCUT2D eigenvalue weighted by atomic mass is 16.5. The van der Waals surface area contributed by atoms with Crippen LogP contribution >= 0.6 is 0 Å². The quantitative estimate of drug-likeness (QED) is 0.826. The largest absolute Gasteiger partial charge is 0.490 e. The summed E-state index contributed by atoms with van der Waals surface area (Å²) in [6, 6.07) is 12.7. The monoisotopic (exact) mass is 253 g/mol. The van der Waals surface area contributed by atoms with Crippen LogP contribution in [0.3, 0.4) is 0 Å². The van der Waals surface area contributed by atoms with Crippen molar-refractivity contribution < 1.29 is 4.74 Å². The van der Waals surface area contributed by atoms with Crippen LogP contribution in [0.4, 0.5) is 5.69 Å². The molecule has 19 heavy (non-hydrogen) atoms. The average molecular weight is 253 g/mol. The Morgan fingerprint density at radius 1 is 1.16 bits per heavy atom. The number of nitrogen functional groups attached to an aromatic ring is 1. The lowest BCUT2D eigenvalue weighted by Gasteiger charge is -2.08. The Balaban J connectivity index is 2.01. The number of rotatable bonds is 2. The number of ether oxygens (including phenoxy) is 1. The van der Waals surface area contributed by atoms with Crippen LogP contribution in [-0.2, 0) is 12.8 Å². The van der Waals surface area contributed by atoms with Crippen LogP contribution in [0.2, 0.25) is 0 Å². The van der Waals surface area contributed by atoms with Crippen LogP contribution < -0.4 is 10.5 Å². The van der Waals surface area contributed by atoms with Crippen molar-refractivity contribution in [1.29, 1.82) is 0 Å². The predicted molar refractivity (Wildman–Crippen MR) is 79.5 cm³/mol. The zero-order valence-corrected chi connectivity index (χ0v) is 11.4. The van der Waals surface area contributed by atoms with Gasteiger partial charge in [-0.15, -0.1) is 0 Å². The van der Waals surface area contributed by atoms with Crippen molar-refractivity contribution in [2.24, 2.45) is 0 Å². The maximum atomic E-state index is 5.97. The molecule has 2 aromatic carbocycles. The Kier molecular flexibility index (Phi) is 2.94. The van der Waals surface area contributed by atoms with E-state index < -0.39 is 0 Å². The van der Waals surface area contributed by atoms with Gasteiger partial charge in [-0.05, 0) is 59.9 Å². The van der Waals surface area contributed by atoms with Crippen LogP contribution in [0.25, 0.3) is 11.1 Å². The second-order valence-electron chi connectivity index (χ2n) is 5.22. The molecule has 0 bridgehead atoms. The summed E-state index contributed by atoms with van der Waals surface area (Å²) < 4.78 is 5.74. The molecule has 0 saturated heterocycles. The Morgan fingerprint density at radius 3 is 2.68 bits per heavy atom. The summed E-state index contributed by atoms with van der Waals surface area (Å²) in [4.78, 5) is 0. The van der Waals surface area contributed by atoms with Crippen molar-refractivity contribution in [2.75, 3.05) is 5.73 Å². The third-order valence-corrected chi connectivity index (χ3v) is 3.75. The Morgan fingerprint density at radius 2 is 1.89 bits per heavy atom. The number of nitrogens with two attached hydrogens (primary N) is 1. The first-order valence-corrected chi connectivity index (χ1v) is 6.85. The maximum absolute atomic E-state index is 5.97. The molecule has 0 amide bonds. The smallest absolute Gasteiger partial charge is 0.123 e. The minimum atomic E-state index is 0.294. The van der Waals surface area contributed by atoms with Gasteiger partial charge in [-0.1, -0.05) is 19.1 Å². The molecular formula is C17H19NO. The fraction of sp³-hybridized carbons (Fsp3) is 0.294. The summed E-state index contributed by atoms with van der Waals surface area (Å²) in [7, 11) is 0. The van der Waals surface area contributed by atoms with E-state index in [9.17, 15) is 0 Å². The molecule has 2 N–H and O–H groups in total. The molecule has 2 heteroatoms. The molecule has 1 aliphatic heterocycles. The van der Waals surface area contributed by atoms with E-state index in [4.69, 9.17) is 10.5 Å². The predicted octanol–water partition coefficient (Wildman–Crippen LogP) is 3.82. The molecule has 2 aromatic rings. The van der Waals surface area contributed by atoms with Crippen molar-refractivity contribution in [3.63, 3.8) is 0 Å². The zero-order chi connectivity index (χ0) is 13.4. The van der Waals surface area contributed by atoms with Crippen molar-refractivity contribution >= 4 is 5.69 Å². The molecule has 98 valence electrons. The Bertz CT molecular complexity index is 619. The number of aryl methyl sites for hydroxylation is 1. The van der Waals surface area contributed by atoms with Gasteiger partial charge in [0.1, 0.15) is 11.9 Å². The highest BCUT2D eigenvalue weighted by molar-refractivity contribution is 5.69. The number of fused-ring (bicyclic) bond motifs is 1. The van der Waals surface area contributed by atoms with E-state index in [-0.39, 0.29) is 0 Å². The molecule has 1 atom stereocenters. The van der Waals surface area contributed by atoms with Gasteiger partial charge in [0, 0.05) is 12.1 Å². The summed E-state index contributed by atoms with van der Waals surface area (Å²) in [5, 5.41) is 0. The van der Waals surface area contributed by atoms with Crippen LogP contribution in [0.5, 0.6) is 5.75 Å². The van der Waals surface area contributed by atoms with Gasteiger partial charge in [0.2, 0.25) is 0 Å². The van der Waals surface area contributed by atoms with E-state index in [1.54, 1.807) is 0 Å². The standard InChI is InChI=1S/C17H19NO/c1-3-12-9-13(4-6-16(12)18)14-5-7-17-15(10-14)8-11(2)19-17/h4-7,9-11H,3,8,18H2,1-2H3.